The van der Waals surface area contributed by atoms with Crippen LogP contribution in [0, 0.1) is 0 Å². The summed E-state index contributed by atoms with van der Waals surface area (Å²) >= 11 is 0. The summed E-state index contributed by atoms with van der Waals surface area (Å²) in [4.78, 5) is 0. The zero-order valence-electron chi connectivity index (χ0n) is 9.66. The fourth-order valence-corrected chi connectivity index (χ4v) is 1.77. The third-order valence-electron chi connectivity index (χ3n) is 2.53. The first-order valence-electron chi connectivity index (χ1n) is 5.51. The maximum atomic E-state index is 5.67. The van der Waals surface area contributed by atoms with Gasteiger partial charge in [0.15, 0.2) is 11.5 Å². The molecule has 2 rings (SSSR count). The van der Waals surface area contributed by atoms with Gasteiger partial charge in [0.1, 0.15) is 0 Å². The van der Waals surface area contributed by atoms with E-state index in [4.69, 9.17) is 14.2 Å². The lowest BCUT2D eigenvalue weighted by atomic mass is 10.1. The van der Waals surface area contributed by atoms with E-state index < -0.39 is 0 Å². The Morgan fingerprint density at radius 1 is 1.38 bits per heavy atom. The van der Waals surface area contributed by atoms with E-state index in [0.717, 1.165) is 23.6 Å². The Labute approximate surface area is 95.5 Å². The summed E-state index contributed by atoms with van der Waals surface area (Å²) in [5, 5.41) is 3.12. The largest absolute Gasteiger partial charge is 0.454 e. The van der Waals surface area contributed by atoms with Crippen molar-refractivity contribution in [1.82, 2.24) is 5.32 Å². The molecule has 0 aliphatic carbocycles. The number of hydrogen-bond acceptors (Lipinski definition) is 4. The van der Waals surface area contributed by atoms with Crippen LogP contribution in [-0.2, 0) is 4.74 Å². The van der Waals surface area contributed by atoms with Gasteiger partial charge in [-0.25, -0.2) is 0 Å². The SMILES string of the molecule is CCO[C@H](CNC)c1ccc2c(c1)OCO2. The van der Waals surface area contributed by atoms with Crippen LogP contribution in [0.4, 0.5) is 0 Å². The van der Waals surface area contributed by atoms with Crippen LogP contribution in [0.1, 0.15) is 18.6 Å². The van der Waals surface area contributed by atoms with Gasteiger partial charge in [-0.3, -0.25) is 0 Å². The maximum absolute atomic E-state index is 5.67. The number of nitrogens with one attached hydrogen (secondary N) is 1. The minimum atomic E-state index is 0.0597. The molecular weight excluding hydrogens is 206 g/mol. The molecule has 0 fully saturated rings. The van der Waals surface area contributed by atoms with Gasteiger partial charge in [0, 0.05) is 13.2 Å². The van der Waals surface area contributed by atoms with Crippen LogP contribution >= 0.6 is 0 Å². The van der Waals surface area contributed by atoms with Crippen LogP contribution in [0.25, 0.3) is 0 Å². The highest BCUT2D eigenvalue weighted by Crippen LogP contribution is 2.34. The van der Waals surface area contributed by atoms with Crippen LogP contribution in [0.2, 0.25) is 0 Å². The highest BCUT2D eigenvalue weighted by atomic mass is 16.7. The Bertz CT molecular complexity index is 348. The predicted octanol–water partition coefficient (Wildman–Crippen LogP) is 1.71. The van der Waals surface area contributed by atoms with Gasteiger partial charge < -0.3 is 19.5 Å². The first kappa shape index (κ1) is 11.2. The van der Waals surface area contributed by atoms with Gasteiger partial charge >= 0.3 is 0 Å². The van der Waals surface area contributed by atoms with E-state index in [1.54, 1.807) is 0 Å². The number of rotatable bonds is 5. The zero-order chi connectivity index (χ0) is 11.4. The van der Waals surface area contributed by atoms with Crippen molar-refractivity contribution in [3.63, 3.8) is 0 Å². The molecule has 0 saturated carbocycles. The van der Waals surface area contributed by atoms with E-state index in [-0.39, 0.29) is 6.10 Å². The molecule has 1 aromatic carbocycles. The standard InChI is InChI=1S/C12H17NO3/c1-3-14-12(7-13-2)9-4-5-10-11(6-9)16-8-15-10/h4-6,12-13H,3,7-8H2,1-2H3/t12-/m1/s1. The lowest BCUT2D eigenvalue weighted by molar-refractivity contribution is 0.0636. The minimum Gasteiger partial charge on any atom is -0.454 e. The topological polar surface area (TPSA) is 39.7 Å². The average Bonchev–Trinajstić information content (AvgIpc) is 2.75. The first-order chi connectivity index (χ1) is 7.85. The highest BCUT2D eigenvalue weighted by molar-refractivity contribution is 5.45. The van der Waals surface area contributed by atoms with Crippen molar-refractivity contribution in [3.05, 3.63) is 23.8 Å². The fraction of sp³-hybridized carbons (Fsp3) is 0.500. The van der Waals surface area contributed by atoms with Gasteiger partial charge in [0.2, 0.25) is 6.79 Å². The van der Waals surface area contributed by atoms with Crippen molar-refractivity contribution < 1.29 is 14.2 Å². The van der Waals surface area contributed by atoms with E-state index in [1.165, 1.54) is 0 Å². The Kier molecular flexibility index (Phi) is 3.64. The average molecular weight is 223 g/mol. The molecule has 1 atom stereocenters. The van der Waals surface area contributed by atoms with Crippen molar-refractivity contribution in [2.45, 2.75) is 13.0 Å². The van der Waals surface area contributed by atoms with Crippen LogP contribution in [-0.4, -0.2) is 27.0 Å². The van der Waals surface area contributed by atoms with Gasteiger partial charge in [-0.05, 0) is 31.7 Å². The molecular formula is C12H17NO3. The Morgan fingerprint density at radius 2 is 2.19 bits per heavy atom. The molecule has 0 bridgehead atoms. The number of fused-ring (bicyclic) bond motifs is 1. The number of likely N-dealkylation sites (N-methyl/N-ethyl adjacent to an activating group) is 1. The van der Waals surface area contributed by atoms with Crippen LogP contribution < -0.4 is 14.8 Å². The smallest absolute Gasteiger partial charge is 0.231 e. The van der Waals surface area contributed by atoms with Crippen molar-refractivity contribution in [2.24, 2.45) is 0 Å². The molecule has 1 aliphatic heterocycles. The van der Waals surface area contributed by atoms with E-state index in [2.05, 4.69) is 5.32 Å². The van der Waals surface area contributed by atoms with Crippen LogP contribution in [0.3, 0.4) is 0 Å². The van der Waals surface area contributed by atoms with Gasteiger partial charge in [0.05, 0.1) is 6.10 Å². The summed E-state index contributed by atoms with van der Waals surface area (Å²) in [7, 11) is 1.92. The second-order valence-corrected chi connectivity index (χ2v) is 3.61. The van der Waals surface area contributed by atoms with Gasteiger partial charge in [-0.1, -0.05) is 6.07 Å². The molecule has 0 unspecified atom stereocenters. The predicted molar refractivity (Wildman–Crippen MR) is 60.9 cm³/mol. The monoisotopic (exact) mass is 223 g/mol. The number of hydrogen-bond donors (Lipinski definition) is 1. The van der Waals surface area contributed by atoms with E-state index in [1.807, 2.05) is 32.2 Å². The fourth-order valence-electron chi connectivity index (χ4n) is 1.77. The molecule has 0 saturated heterocycles. The normalized spacial score (nSPS) is 15.1. The molecule has 4 nitrogen and oxygen atoms in total. The molecule has 1 aromatic rings. The van der Waals surface area contributed by atoms with Crippen molar-refractivity contribution in [3.8, 4) is 11.5 Å². The zero-order valence-corrected chi connectivity index (χ0v) is 9.66. The van der Waals surface area contributed by atoms with Crippen LogP contribution in [0.15, 0.2) is 18.2 Å². The summed E-state index contributed by atoms with van der Waals surface area (Å²) < 4.78 is 16.3. The summed E-state index contributed by atoms with van der Waals surface area (Å²) in [5.41, 5.74) is 1.11. The Balaban J connectivity index is 2.17. The van der Waals surface area contributed by atoms with Gasteiger partial charge in [-0.2, -0.15) is 0 Å². The molecule has 0 amide bonds. The summed E-state index contributed by atoms with van der Waals surface area (Å²) in [5.74, 6) is 1.61. The number of ether oxygens (including phenoxy) is 3. The molecule has 4 heteroatoms. The number of benzene rings is 1. The van der Waals surface area contributed by atoms with Crippen molar-refractivity contribution >= 4 is 0 Å². The van der Waals surface area contributed by atoms with E-state index in [0.29, 0.717) is 13.4 Å². The summed E-state index contributed by atoms with van der Waals surface area (Å²) in [6.07, 6.45) is 0.0597. The van der Waals surface area contributed by atoms with Gasteiger partial charge in [0.25, 0.3) is 0 Å². The molecule has 0 aromatic heterocycles. The maximum Gasteiger partial charge on any atom is 0.231 e. The lowest BCUT2D eigenvalue weighted by Gasteiger charge is -2.17. The highest BCUT2D eigenvalue weighted by Gasteiger charge is 2.17. The second-order valence-electron chi connectivity index (χ2n) is 3.61. The Morgan fingerprint density at radius 3 is 2.94 bits per heavy atom. The van der Waals surface area contributed by atoms with Crippen molar-refractivity contribution in [1.29, 1.82) is 0 Å². The minimum absolute atomic E-state index is 0.0597. The first-order valence-corrected chi connectivity index (χ1v) is 5.51. The van der Waals surface area contributed by atoms with Crippen LogP contribution in [0.5, 0.6) is 11.5 Å². The summed E-state index contributed by atoms with van der Waals surface area (Å²) in [6, 6.07) is 5.94. The molecule has 1 heterocycles. The van der Waals surface area contributed by atoms with E-state index in [9.17, 15) is 0 Å². The molecule has 1 N–H and O–H groups in total. The molecule has 1 aliphatic rings. The van der Waals surface area contributed by atoms with E-state index >= 15 is 0 Å². The third-order valence-corrected chi connectivity index (χ3v) is 2.53. The lowest BCUT2D eigenvalue weighted by Crippen LogP contribution is -2.19. The summed E-state index contributed by atoms with van der Waals surface area (Å²) in [6.45, 7) is 3.79. The quantitative estimate of drug-likeness (QED) is 0.825. The second kappa shape index (κ2) is 5.18. The molecule has 88 valence electrons. The third kappa shape index (κ3) is 2.28. The molecule has 0 spiro atoms. The Hall–Kier alpha value is -1.26. The molecule has 16 heavy (non-hydrogen) atoms. The van der Waals surface area contributed by atoms with Gasteiger partial charge in [-0.15, -0.1) is 0 Å². The van der Waals surface area contributed by atoms with Crippen molar-refractivity contribution in [2.75, 3.05) is 27.0 Å². The molecule has 0 radical (unpaired) electrons.